The van der Waals surface area contributed by atoms with Crippen molar-refractivity contribution in [2.75, 3.05) is 13.1 Å². The van der Waals surface area contributed by atoms with Gasteiger partial charge in [0.1, 0.15) is 17.8 Å². The normalized spacial score (nSPS) is 16.0. The molecule has 1 saturated heterocycles. The average molecular weight is 648 g/mol. The van der Waals surface area contributed by atoms with E-state index in [1.807, 2.05) is 6.92 Å². The van der Waals surface area contributed by atoms with E-state index in [2.05, 4.69) is 20.1 Å². The minimum atomic E-state index is -5.12. The maximum absolute atomic E-state index is 13.0. The Morgan fingerprint density at radius 3 is 2.29 bits per heavy atom. The van der Waals surface area contributed by atoms with Gasteiger partial charge in [0.05, 0.1) is 0 Å². The first-order valence-electron chi connectivity index (χ1n) is 15.1. The highest BCUT2D eigenvalue weighted by atomic mass is 32.3. The molecule has 1 aliphatic rings. The predicted molar refractivity (Wildman–Crippen MR) is 166 cm³/mol. The molecular weight excluding hydrogens is 605 g/mol. The SMILES string of the molecule is CC(NC(=O)c1ccc(CNC(=O)C(CCCCN)NC(=O)CCc2ccc(OS(=O)(=O)F)cc2)cc1)C(=O)N1CCCC1C. The highest BCUT2D eigenvalue weighted by Crippen LogP contribution is 2.18. The molecule has 12 nitrogen and oxygen atoms in total. The van der Waals surface area contributed by atoms with E-state index in [0.29, 0.717) is 49.9 Å². The number of nitrogens with two attached hydrogens (primary N) is 1. The Labute approximate surface area is 263 Å². The number of amides is 4. The zero-order valence-corrected chi connectivity index (χ0v) is 26.4. The van der Waals surface area contributed by atoms with Crippen LogP contribution in [0.1, 0.15) is 73.9 Å². The molecule has 1 fully saturated rings. The number of carbonyl (C=O) groups is 4. The molecule has 5 N–H and O–H groups in total. The fourth-order valence-electron chi connectivity index (χ4n) is 5.05. The molecule has 4 amide bonds. The minimum absolute atomic E-state index is 0.0626. The summed E-state index contributed by atoms with van der Waals surface area (Å²) in [5.41, 5.74) is 7.42. The lowest BCUT2D eigenvalue weighted by Crippen LogP contribution is -2.48. The van der Waals surface area contributed by atoms with E-state index in [1.54, 1.807) is 36.1 Å². The maximum Gasteiger partial charge on any atom is 0.488 e. The van der Waals surface area contributed by atoms with Gasteiger partial charge in [-0.2, -0.15) is 8.42 Å². The van der Waals surface area contributed by atoms with Crippen LogP contribution in [0.4, 0.5) is 3.89 Å². The Bertz CT molecular complexity index is 1420. The lowest BCUT2D eigenvalue weighted by Gasteiger charge is -2.25. The van der Waals surface area contributed by atoms with Gasteiger partial charge in [0.25, 0.3) is 5.91 Å². The predicted octanol–water partition coefficient (Wildman–Crippen LogP) is 2.27. The lowest BCUT2D eigenvalue weighted by atomic mass is 10.1. The van der Waals surface area contributed by atoms with Gasteiger partial charge in [-0.3, -0.25) is 19.2 Å². The van der Waals surface area contributed by atoms with Crippen molar-refractivity contribution >= 4 is 34.1 Å². The van der Waals surface area contributed by atoms with Gasteiger partial charge in [-0.25, -0.2) is 0 Å². The second-order valence-corrected chi connectivity index (χ2v) is 12.1. The summed E-state index contributed by atoms with van der Waals surface area (Å²) < 4.78 is 38.0. The van der Waals surface area contributed by atoms with Crippen molar-refractivity contribution in [3.05, 3.63) is 65.2 Å². The number of carbonyl (C=O) groups excluding carboxylic acids is 4. The molecule has 3 rings (SSSR count). The van der Waals surface area contributed by atoms with Crippen molar-refractivity contribution in [2.24, 2.45) is 5.73 Å². The summed E-state index contributed by atoms with van der Waals surface area (Å²) in [5.74, 6) is -1.36. The number of benzene rings is 2. The number of likely N-dealkylation sites (tertiary alicyclic amines) is 1. The summed E-state index contributed by atoms with van der Waals surface area (Å²) in [6.45, 7) is 5.01. The number of aryl methyl sites for hydroxylation is 1. The molecule has 1 heterocycles. The highest BCUT2D eigenvalue weighted by molar-refractivity contribution is 7.81. The van der Waals surface area contributed by atoms with E-state index >= 15 is 0 Å². The highest BCUT2D eigenvalue weighted by Gasteiger charge is 2.29. The number of hydrogen-bond acceptors (Lipinski definition) is 8. The van der Waals surface area contributed by atoms with Gasteiger partial charge in [0.2, 0.25) is 17.7 Å². The Kier molecular flexibility index (Phi) is 13.3. The van der Waals surface area contributed by atoms with Gasteiger partial charge < -0.3 is 30.8 Å². The molecule has 0 saturated carbocycles. The van der Waals surface area contributed by atoms with Crippen LogP contribution in [0.25, 0.3) is 0 Å². The first-order chi connectivity index (χ1) is 21.4. The topological polar surface area (TPSA) is 177 Å². The van der Waals surface area contributed by atoms with Crippen LogP contribution in [0.3, 0.4) is 0 Å². The largest absolute Gasteiger partial charge is 0.488 e. The molecule has 14 heteroatoms. The third-order valence-electron chi connectivity index (χ3n) is 7.60. The Morgan fingerprint density at radius 2 is 1.69 bits per heavy atom. The van der Waals surface area contributed by atoms with E-state index < -0.39 is 22.6 Å². The van der Waals surface area contributed by atoms with E-state index in [4.69, 9.17) is 5.73 Å². The molecule has 0 spiro atoms. The van der Waals surface area contributed by atoms with E-state index in [9.17, 15) is 31.5 Å². The molecule has 0 aliphatic carbocycles. The Balaban J connectivity index is 1.49. The number of nitrogens with zero attached hydrogens (tertiary/aromatic N) is 1. The van der Waals surface area contributed by atoms with Gasteiger partial charge in [-0.05, 0) is 94.3 Å². The van der Waals surface area contributed by atoms with Crippen LogP contribution in [-0.2, 0) is 37.9 Å². The molecule has 0 radical (unpaired) electrons. The molecular formula is C31H42FN5O7S. The van der Waals surface area contributed by atoms with Crippen LogP contribution >= 0.6 is 0 Å². The van der Waals surface area contributed by atoms with Crippen LogP contribution in [0, 0.1) is 0 Å². The summed E-state index contributed by atoms with van der Waals surface area (Å²) in [6, 6.07) is 11.0. The maximum atomic E-state index is 13.0. The van der Waals surface area contributed by atoms with E-state index in [1.165, 1.54) is 24.3 Å². The molecule has 0 bridgehead atoms. The van der Waals surface area contributed by atoms with Crippen molar-refractivity contribution in [3.8, 4) is 5.75 Å². The third-order valence-corrected chi connectivity index (χ3v) is 7.99. The van der Waals surface area contributed by atoms with Crippen molar-refractivity contribution in [3.63, 3.8) is 0 Å². The van der Waals surface area contributed by atoms with Crippen LogP contribution in [-0.4, -0.2) is 68.2 Å². The van der Waals surface area contributed by atoms with Gasteiger partial charge in [0.15, 0.2) is 0 Å². The summed E-state index contributed by atoms with van der Waals surface area (Å²) in [6.07, 6.45) is 4.00. The van der Waals surface area contributed by atoms with Crippen molar-refractivity contribution < 1.29 is 35.7 Å². The zero-order valence-electron chi connectivity index (χ0n) is 25.6. The van der Waals surface area contributed by atoms with Gasteiger partial charge >= 0.3 is 10.5 Å². The minimum Gasteiger partial charge on any atom is -0.358 e. The number of rotatable bonds is 16. The quantitative estimate of drug-likeness (QED) is 0.158. The number of nitrogens with one attached hydrogen (secondary N) is 3. The second-order valence-electron chi connectivity index (χ2n) is 11.2. The summed E-state index contributed by atoms with van der Waals surface area (Å²) in [4.78, 5) is 52.9. The number of halogens is 1. The molecule has 3 unspecified atom stereocenters. The summed E-state index contributed by atoms with van der Waals surface area (Å²) in [7, 11) is -5.12. The van der Waals surface area contributed by atoms with E-state index in [0.717, 1.165) is 18.4 Å². The standard InChI is InChI=1S/C31H42FN5O7S/c1-21-6-5-19-37(21)31(41)22(2)35-29(39)25-13-8-24(9-14-25)20-34-30(40)27(7-3-4-18-33)36-28(38)17-12-23-10-15-26(16-11-23)44-45(32,42)43/h8-11,13-16,21-22,27H,3-7,12,17-20,33H2,1-2H3,(H,34,40)(H,35,39)(H,36,38). The van der Waals surface area contributed by atoms with Crippen molar-refractivity contribution in [1.82, 2.24) is 20.9 Å². The van der Waals surface area contributed by atoms with Crippen LogP contribution < -0.4 is 25.9 Å². The average Bonchev–Trinajstić information content (AvgIpc) is 3.43. The third kappa shape index (κ3) is 11.8. The molecule has 246 valence electrons. The fourth-order valence-corrected chi connectivity index (χ4v) is 5.39. The van der Waals surface area contributed by atoms with Crippen molar-refractivity contribution in [2.45, 2.75) is 83.5 Å². The summed E-state index contributed by atoms with van der Waals surface area (Å²) >= 11 is 0. The van der Waals surface area contributed by atoms with Crippen molar-refractivity contribution in [1.29, 1.82) is 0 Å². The van der Waals surface area contributed by atoms with Gasteiger partial charge in [0, 0.05) is 31.1 Å². The summed E-state index contributed by atoms with van der Waals surface area (Å²) in [5, 5.41) is 8.36. The number of hydrogen-bond donors (Lipinski definition) is 4. The van der Waals surface area contributed by atoms with Crippen LogP contribution in [0.5, 0.6) is 5.75 Å². The fraction of sp³-hybridized carbons (Fsp3) is 0.484. The molecule has 0 aromatic heterocycles. The Hall–Kier alpha value is -4.04. The van der Waals surface area contributed by atoms with E-state index in [-0.39, 0.29) is 48.4 Å². The monoisotopic (exact) mass is 647 g/mol. The molecule has 2 aromatic rings. The smallest absolute Gasteiger partial charge is 0.358 e. The molecule has 3 atom stereocenters. The van der Waals surface area contributed by atoms with Crippen LogP contribution in [0.2, 0.25) is 0 Å². The van der Waals surface area contributed by atoms with Crippen LogP contribution in [0.15, 0.2) is 48.5 Å². The molecule has 45 heavy (non-hydrogen) atoms. The Morgan fingerprint density at radius 1 is 1.02 bits per heavy atom. The molecule has 1 aliphatic heterocycles. The lowest BCUT2D eigenvalue weighted by molar-refractivity contribution is -0.133. The zero-order chi connectivity index (χ0) is 33.0. The first-order valence-corrected chi connectivity index (χ1v) is 16.4. The second kappa shape index (κ2) is 16.9. The van der Waals surface area contributed by atoms with Gasteiger partial charge in [-0.1, -0.05) is 28.2 Å². The molecule has 2 aromatic carbocycles. The number of unbranched alkanes of at least 4 members (excludes halogenated alkanes) is 1. The first kappa shape index (κ1) is 35.4. The van der Waals surface area contributed by atoms with Gasteiger partial charge in [-0.15, -0.1) is 0 Å².